The summed E-state index contributed by atoms with van der Waals surface area (Å²) >= 11 is 1.84. The van der Waals surface area contributed by atoms with Crippen molar-refractivity contribution in [2.45, 2.75) is 17.9 Å². The van der Waals surface area contributed by atoms with E-state index in [1.54, 1.807) is 0 Å². The third-order valence-corrected chi connectivity index (χ3v) is 4.68. The highest BCUT2D eigenvalue weighted by molar-refractivity contribution is 7.99. The Kier molecular flexibility index (Phi) is 4.32. The monoisotopic (exact) mass is 297 g/mol. The van der Waals surface area contributed by atoms with E-state index in [4.69, 9.17) is 4.42 Å². The molecule has 3 aromatic rings. The lowest BCUT2D eigenvalue weighted by Gasteiger charge is -2.13. The Labute approximate surface area is 129 Å². The fourth-order valence-corrected chi connectivity index (χ4v) is 3.31. The highest BCUT2D eigenvalue weighted by Gasteiger charge is 2.14. The standard InChI is InChI=1S/C18H19NOS/c1-13-7-9-15(10-8-13)21-12-16(19-2)18-11-14-5-3-4-6-17(14)20-18/h3-11,16,19H,12H2,1-2H3. The third kappa shape index (κ3) is 3.31. The van der Waals surface area contributed by atoms with Crippen LogP contribution in [0.15, 0.2) is 63.9 Å². The van der Waals surface area contributed by atoms with Crippen molar-refractivity contribution in [3.63, 3.8) is 0 Å². The first-order valence-corrected chi connectivity index (χ1v) is 8.10. The van der Waals surface area contributed by atoms with Crippen LogP contribution in [0.3, 0.4) is 0 Å². The van der Waals surface area contributed by atoms with Gasteiger partial charge in [0.1, 0.15) is 11.3 Å². The minimum absolute atomic E-state index is 0.212. The summed E-state index contributed by atoms with van der Waals surface area (Å²) in [6.07, 6.45) is 0. The lowest BCUT2D eigenvalue weighted by molar-refractivity contribution is 0.479. The number of nitrogens with one attached hydrogen (secondary N) is 1. The van der Waals surface area contributed by atoms with Gasteiger partial charge in [0.2, 0.25) is 0 Å². The molecule has 3 rings (SSSR count). The maximum Gasteiger partial charge on any atom is 0.134 e. The maximum atomic E-state index is 5.95. The predicted molar refractivity (Wildman–Crippen MR) is 89.9 cm³/mol. The van der Waals surface area contributed by atoms with Gasteiger partial charge in [0.05, 0.1) is 6.04 Å². The van der Waals surface area contributed by atoms with Crippen LogP contribution in [0.2, 0.25) is 0 Å². The molecule has 1 aromatic heterocycles. The number of aryl methyl sites for hydroxylation is 1. The van der Waals surface area contributed by atoms with Crippen molar-refractivity contribution in [1.82, 2.24) is 5.32 Å². The number of fused-ring (bicyclic) bond motifs is 1. The molecular weight excluding hydrogens is 278 g/mol. The molecule has 21 heavy (non-hydrogen) atoms. The van der Waals surface area contributed by atoms with Gasteiger partial charge in [-0.15, -0.1) is 11.8 Å². The zero-order valence-corrected chi connectivity index (χ0v) is 13.1. The molecular formula is C18H19NOS. The van der Waals surface area contributed by atoms with E-state index in [0.717, 1.165) is 22.5 Å². The van der Waals surface area contributed by atoms with Crippen molar-refractivity contribution in [2.24, 2.45) is 0 Å². The lowest BCUT2D eigenvalue weighted by Crippen LogP contribution is -2.17. The van der Waals surface area contributed by atoms with E-state index in [1.165, 1.54) is 10.5 Å². The van der Waals surface area contributed by atoms with E-state index in [-0.39, 0.29) is 6.04 Å². The quantitative estimate of drug-likeness (QED) is 0.685. The normalized spacial score (nSPS) is 12.7. The Balaban J connectivity index is 1.73. The average molecular weight is 297 g/mol. The van der Waals surface area contributed by atoms with E-state index in [9.17, 15) is 0 Å². The van der Waals surface area contributed by atoms with Crippen LogP contribution in [0.25, 0.3) is 11.0 Å². The second kappa shape index (κ2) is 6.37. The molecule has 0 saturated carbocycles. The molecule has 0 amide bonds. The molecule has 1 unspecified atom stereocenters. The van der Waals surface area contributed by atoms with Crippen LogP contribution in [0.4, 0.5) is 0 Å². The summed E-state index contributed by atoms with van der Waals surface area (Å²) in [7, 11) is 1.98. The highest BCUT2D eigenvalue weighted by atomic mass is 32.2. The van der Waals surface area contributed by atoms with Crippen LogP contribution >= 0.6 is 11.8 Å². The van der Waals surface area contributed by atoms with Crippen molar-refractivity contribution < 1.29 is 4.42 Å². The van der Waals surface area contributed by atoms with Crippen molar-refractivity contribution in [3.05, 3.63) is 65.9 Å². The number of benzene rings is 2. The number of rotatable bonds is 5. The highest BCUT2D eigenvalue weighted by Crippen LogP contribution is 2.28. The topological polar surface area (TPSA) is 25.2 Å². The molecule has 0 aliphatic heterocycles. The van der Waals surface area contributed by atoms with Crippen LogP contribution in [0.5, 0.6) is 0 Å². The van der Waals surface area contributed by atoms with Gasteiger partial charge in [-0.1, -0.05) is 35.9 Å². The summed E-state index contributed by atoms with van der Waals surface area (Å²) in [5, 5.41) is 4.51. The number of hydrogen-bond donors (Lipinski definition) is 1. The molecule has 1 atom stereocenters. The Hall–Kier alpha value is -1.71. The fraction of sp³-hybridized carbons (Fsp3) is 0.222. The zero-order valence-electron chi connectivity index (χ0n) is 12.3. The van der Waals surface area contributed by atoms with Gasteiger partial charge in [0, 0.05) is 16.0 Å². The second-order valence-electron chi connectivity index (χ2n) is 5.15. The van der Waals surface area contributed by atoms with Crippen molar-refractivity contribution in [3.8, 4) is 0 Å². The van der Waals surface area contributed by atoms with Gasteiger partial charge < -0.3 is 9.73 Å². The summed E-state index contributed by atoms with van der Waals surface area (Å²) < 4.78 is 5.95. The molecule has 1 heterocycles. The molecule has 1 N–H and O–H groups in total. The second-order valence-corrected chi connectivity index (χ2v) is 6.25. The minimum Gasteiger partial charge on any atom is -0.459 e. The van der Waals surface area contributed by atoms with Gasteiger partial charge in [-0.05, 0) is 38.2 Å². The number of thioether (sulfide) groups is 1. The number of hydrogen-bond acceptors (Lipinski definition) is 3. The molecule has 3 heteroatoms. The van der Waals surface area contributed by atoms with Crippen LogP contribution in [0, 0.1) is 6.92 Å². The Bertz CT molecular complexity index is 684. The van der Waals surface area contributed by atoms with Crippen LogP contribution < -0.4 is 5.32 Å². The fourth-order valence-electron chi connectivity index (χ4n) is 2.30. The third-order valence-electron chi connectivity index (χ3n) is 3.57. The van der Waals surface area contributed by atoms with Crippen molar-refractivity contribution in [2.75, 3.05) is 12.8 Å². The molecule has 0 aliphatic rings. The molecule has 0 aliphatic carbocycles. The number of furan rings is 1. The van der Waals surface area contributed by atoms with Gasteiger partial charge >= 0.3 is 0 Å². The van der Waals surface area contributed by atoms with Gasteiger partial charge in [0.15, 0.2) is 0 Å². The molecule has 0 saturated heterocycles. The Morgan fingerprint density at radius 3 is 2.57 bits per heavy atom. The summed E-state index contributed by atoms with van der Waals surface area (Å²) in [6.45, 7) is 2.11. The van der Waals surface area contributed by atoms with E-state index < -0.39 is 0 Å². The van der Waals surface area contributed by atoms with Crippen molar-refractivity contribution >= 4 is 22.7 Å². The molecule has 2 aromatic carbocycles. The minimum atomic E-state index is 0.212. The summed E-state index contributed by atoms with van der Waals surface area (Å²) in [4.78, 5) is 1.29. The van der Waals surface area contributed by atoms with Gasteiger partial charge in [-0.25, -0.2) is 0 Å². The summed E-state index contributed by atoms with van der Waals surface area (Å²) in [5.74, 6) is 1.94. The Morgan fingerprint density at radius 2 is 1.86 bits per heavy atom. The van der Waals surface area contributed by atoms with Gasteiger partial charge in [-0.3, -0.25) is 0 Å². The van der Waals surface area contributed by atoms with E-state index in [2.05, 4.69) is 48.6 Å². The largest absolute Gasteiger partial charge is 0.459 e. The average Bonchev–Trinajstić information content (AvgIpc) is 2.93. The van der Waals surface area contributed by atoms with E-state index >= 15 is 0 Å². The molecule has 0 bridgehead atoms. The van der Waals surface area contributed by atoms with Crippen molar-refractivity contribution in [1.29, 1.82) is 0 Å². The summed E-state index contributed by atoms with van der Waals surface area (Å²) in [6, 6.07) is 19.1. The molecule has 108 valence electrons. The molecule has 0 fully saturated rings. The zero-order chi connectivity index (χ0) is 14.7. The van der Waals surface area contributed by atoms with Crippen LogP contribution in [-0.4, -0.2) is 12.8 Å². The van der Waals surface area contributed by atoms with Gasteiger partial charge in [-0.2, -0.15) is 0 Å². The molecule has 0 spiro atoms. The smallest absolute Gasteiger partial charge is 0.134 e. The Morgan fingerprint density at radius 1 is 1.10 bits per heavy atom. The van der Waals surface area contributed by atoms with E-state index in [1.807, 2.05) is 37.0 Å². The number of para-hydroxylation sites is 1. The van der Waals surface area contributed by atoms with Gasteiger partial charge in [0.25, 0.3) is 0 Å². The van der Waals surface area contributed by atoms with Crippen LogP contribution in [-0.2, 0) is 0 Å². The first kappa shape index (κ1) is 14.2. The molecule has 0 radical (unpaired) electrons. The maximum absolute atomic E-state index is 5.95. The molecule has 2 nitrogen and oxygen atoms in total. The van der Waals surface area contributed by atoms with E-state index in [0.29, 0.717) is 0 Å². The lowest BCUT2D eigenvalue weighted by atomic mass is 10.2. The first-order valence-electron chi connectivity index (χ1n) is 7.11. The SMILES string of the molecule is CNC(CSc1ccc(C)cc1)c1cc2ccccc2o1. The van der Waals surface area contributed by atoms with Crippen LogP contribution in [0.1, 0.15) is 17.4 Å². The summed E-state index contributed by atoms with van der Waals surface area (Å²) in [5.41, 5.74) is 2.25. The first-order chi connectivity index (χ1) is 10.3. The predicted octanol–water partition coefficient (Wildman–Crippen LogP) is 4.79.